The Morgan fingerprint density at radius 2 is 1.10 bits per heavy atom. The number of hydrogen-bond acceptors (Lipinski definition) is 9. The van der Waals surface area contributed by atoms with Crippen molar-refractivity contribution in [2.24, 2.45) is 5.92 Å². The molecule has 70 heavy (non-hydrogen) atoms. The van der Waals surface area contributed by atoms with Crippen LogP contribution in [0.4, 0.5) is 14.5 Å². The number of fused-ring (bicyclic) bond motifs is 4. The molecule has 0 saturated carbocycles. The summed E-state index contributed by atoms with van der Waals surface area (Å²) in [4.78, 5) is 33.9. The first-order valence-corrected chi connectivity index (χ1v) is 22.7. The largest absolute Gasteiger partial charge is 0.358 e. The highest BCUT2D eigenvalue weighted by Crippen LogP contribution is 2.36. The Morgan fingerprint density at radius 1 is 0.557 bits per heavy atom. The summed E-state index contributed by atoms with van der Waals surface area (Å²) in [6.07, 6.45) is 15.3. The molecule has 13 nitrogen and oxygen atoms in total. The van der Waals surface area contributed by atoms with Gasteiger partial charge >= 0.3 is 0 Å². The number of allylic oxidation sites excluding steroid dienone is 1. The van der Waals surface area contributed by atoms with Gasteiger partial charge in [0.1, 0.15) is 23.0 Å². The molecule has 5 N–H and O–H groups in total. The first-order valence-electron chi connectivity index (χ1n) is 22.7. The Morgan fingerprint density at radius 3 is 1.66 bits per heavy atom. The average Bonchev–Trinajstić information content (AvgIpc) is 4.21. The predicted molar refractivity (Wildman–Crippen MR) is 272 cm³/mol. The van der Waals surface area contributed by atoms with Crippen molar-refractivity contribution in [3.63, 3.8) is 0 Å². The Bertz CT molecular complexity index is 3890. The fourth-order valence-corrected chi connectivity index (χ4v) is 8.52. The van der Waals surface area contributed by atoms with Crippen LogP contribution in [0.2, 0.25) is 0 Å². The number of halogens is 2. The number of rotatable bonds is 10. The second kappa shape index (κ2) is 18.1. The molecule has 0 aliphatic carbocycles. The molecule has 0 amide bonds. The van der Waals surface area contributed by atoms with E-state index in [-0.39, 0.29) is 11.6 Å². The van der Waals surface area contributed by atoms with E-state index < -0.39 is 0 Å². The SMILES string of the molecule is C=C(Nc1cncc(-c2cc3c(-c4cc5c(-c6ccc(F)cc6)nccc5[nH]4)n[nH]c3cn2)c1)C(C)CC.Cc1ccncc1-c1cc2c(-c3cc4c(-c5ccc(F)cc5)nccc4[nH]3)n[nH]c2cn1. The predicted octanol–water partition coefficient (Wildman–Crippen LogP) is 13.0. The number of H-pyrrole nitrogens is 4. The number of hydrogen-bond donors (Lipinski definition) is 5. The van der Waals surface area contributed by atoms with Crippen molar-refractivity contribution in [3.05, 3.63) is 176 Å². The number of aromatic amines is 4. The third-order valence-electron chi connectivity index (χ3n) is 12.6. The monoisotopic (exact) mass is 923 g/mol. The number of aryl methyl sites for hydroxylation is 1. The number of nitrogens with one attached hydrogen (secondary N) is 5. The highest BCUT2D eigenvalue weighted by atomic mass is 19.1. The first-order chi connectivity index (χ1) is 34.2. The summed E-state index contributed by atoms with van der Waals surface area (Å²) in [6, 6.07) is 28.7. The van der Waals surface area contributed by atoms with Gasteiger partial charge < -0.3 is 15.3 Å². The van der Waals surface area contributed by atoms with Crippen molar-refractivity contribution < 1.29 is 8.78 Å². The molecule has 0 saturated heterocycles. The summed E-state index contributed by atoms with van der Waals surface area (Å²) >= 11 is 0. The van der Waals surface area contributed by atoms with Gasteiger partial charge in [-0.2, -0.15) is 10.2 Å². The molecule has 342 valence electrons. The molecular weight excluding hydrogens is 881 g/mol. The second-order valence-electron chi connectivity index (χ2n) is 17.1. The van der Waals surface area contributed by atoms with Crippen molar-refractivity contribution >= 4 is 49.3 Å². The minimum atomic E-state index is -0.278. The van der Waals surface area contributed by atoms with Crippen molar-refractivity contribution in [1.82, 2.24) is 60.3 Å². The van der Waals surface area contributed by atoms with Crippen LogP contribution in [0.15, 0.2) is 159 Å². The lowest BCUT2D eigenvalue weighted by molar-refractivity contribution is 0.627. The van der Waals surface area contributed by atoms with Crippen LogP contribution in [0, 0.1) is 24.5 Å². The summed E-state index contributed by atoms with van der Waals surface area (Å²) < 4.78 is 26.9. The molecule has 2 aromatic carbocycles. The van der Waals surface area contributed by atoms with Gasteiger partial charge in [0.25, 0.3) is 0 Å². The van der Waals surface area contributed by atoms with E-state index in [4.69, 9.17) is 0 Å². The van der Waals surface area contributed by atoms with E-state index in [0.29, 0.717) is 5.92 Å². The number of nitrogens with zero attached hydrogens (tertiary/aromatic N) is 8. The second-order valence-corrected chi connectivity index (χ2v) is 17.1. The van der Waals surface area contributed by atoms with Gasteiger partial charge in [-0.3, -0.25) is 40.1 Å². The van der Waals surface area contributed by atoms with E-state index in [1.807, 2.05) is 61.7 Å². The standard InChI is InChI=1S/C30H26FN7.C25H17FN6/c1-4-17(2)18(3)35-22-11-20(14-32-15-22)26-12-24-28(16-34-26)37-38-30(24)27-13-23-25(36-27)9-10-33-29(23)19-5-7-21(31)8-6-19;1-14-6-8-27-12-19(14)21-10-18-23(13-29-21)31-32-25(18)22-11-17-20(30-22)7-9-28-24(17)15-2-4-16(26)5-3-15/h5-17,35-36H,3-4H2,1-2H3,(H,37,38);2-13,30H,1H3,(H,31,32). The van der Waals surface area contributed by atoms with Gasteiger partial charge in [-0.15, -0.1) is 0 Å². The molecule has 0 bridgehead atoms. The fourth-order valence-electron chi connectivity index (χ4n) is 8.52. The molecule has 0 aliphatic rings. The average molecular weight is 924 g/mol. The van der Waals surface area contributed by atoms with Gasteiger partial charge in [0.2, 0.25) is 0 Å². The van der Waals surface area contributed by atoms with Gasteiger partial charge in [-0.25, -0.2) is 8.78 Å². The maximum absolute atomic E-state index is 13.5. The Kier molecular flexibility index (Phi) is 11.2. The van der Waals surface area contributed by atoms with Crippen molar-refractivity contribution in [2.75, 3.05) is 5.32 Å². The maximum atomic E-state index is 13.5. The molecule has 1 unspecified atom stereocenters. The van der Waals surface area contributed by atoms with Crippen LogP contribution in [0.3, 0.4) is 0 Å². The van der Waals surface area contributed by atoms with Crippen molar-refractivity contribution in [1.29, 1.82) is 0 Å². The molecule has 0 fully saturated rings. The topological polar surface area (TPSA) is 178 Å². The van der Waals surface area contributed by atoms with Crippen LogP contribution in [0.1, 0.15) is 25.8 Å². The fraction of sp³-hybridized carbons (Fsp3) is 0.0909. The number of pyridine rings is 6. The zero-order valence-corrected chi connectivity index (χ0v) is 38.2. The smallest absolute Gasteiger partial charge is 0.123 e. The van der Waals surface area contributed by atoms with Crippen LogP contribution in [-0.2, 0) is 0 Å². The Labute approximate surface area is 399 Å². The minimum absolute atomic E-state index is 0.271. The third kappa shape index (κ3) is 8.29. The molecule has 0 aliphatic heterocycles. The lowest BCUT2D eigenvalue weighted by atomic mass is 10.1. The summed E-state index contributed by atoms with van der Waals surface area (Å²) in [5, 5.41) is 22.4. The van der Waals surface area contributed by atoms with Crippen molar-refractivity contribution in [2.45, 2.75) is 27.2 Å². The van der Waals surface area contributed by atoms with E-state index in [0.717, 1.165) is 135 Å². The van der Waals surface area contributed by atoms with Crippen LogP contribution in [-0.4, -0.2) is 60.3 Å². The van der Waals surface area contributed by atoms with Gasteiger partial charge in [0.05, 0.1) is 69.5 Å². The summed E-state index contributed by atoms with van der Waals surface area (Å²) in [7, 11) is 0. The molecule has 10 heterocycles. The minimum Gasteiger partial charge on any atom is -0.358 e. The van der Waals surface area contributed by atoms with Crippen LogP contribution < -0.4 is 5.32 Å². The highest BCUT2D eigenvalue weighted by molar-refractivity contribution is 6.02. The van der Waals surface area contributed by atoms with Gasteiger partial charge in [0, 0.05) is 91.5 Å². The van der Waals surface area contributed by atoms with Crippen LogP contribution in [0.25, 0.3) is 111 Å². The molecule has 10 aromatic heterocycles. The molecule has 1 atom stereocenters. The summed E-state index contributed by atoms with van der Waals surface area (Å²) in [5.74, 6) is -0.191. The Hall–Kier alpha value is -9.24. The quantitative estimate of drug-likeness (QED) is 0.0893. The third-order valence-corrected chi connectivity index (χ3v) is 12.6. The molecule has 12 rings (SSSR count). The van der Waals surface area contributed by atoms with E-state index in [1.165, 1.54) is 24.3 Å². The zero-order chi connectivity index (χ0) is 47.9. The maximum Gasteiger partial charge on any atom is 0.123 e. The van der Waals surface area contributed by atoms with E-state index in [2.05, 4.69) is 86.0 Å². The molecular formula is C55H43F2N13. The normalized spacial score (nSPS) is 11.8. The van der Waals surface area contributed by atoms with E-state index in [9.17, 15) is 8.78 Å². The lowest BCUT2D eigenvalue weighted by Gasteiger charge is -2.15. The molecule has 0 spiro atoms. The number of anilines is 1. The van der Waals surface area contributed by atoms with E-state index in [1.54, 1.807) is 67.6 Å². The number of aromatic nitrogens is 12. The zero-order valence-electron chi connectivity index (χ0n) is 38.2. The summed E-state index contributed by atoms with van der Waals surface area (Å²) in [5.41, 5.74) is 16.5. The summed E-state index contributed by atoms with van der Waals surface area (Å²) in [6.45, 7) is 10.5. The number of benzene rings is 2. The Balaban J connectivity index is 0.000000154. The van der Waals surface area contributed by atoms with Gasteiger partial charge in [0.15, 0.2) is 0 Å². The lowest BCUT2D eigenvalue weighted by Crippen LogP contribution is -2.07. The van der Waals surface area contributed by atoms with Crippen LogP contribution in [0.5, 0.6) is 0 Å². The molecule has 12 aromatic rings. The first kappa shape index (κ1) is 43.3. The van der Waals surface area contributed by atoms with Gasteiger partial charge in [-0.05, 0) is 122 Å². The van der Waals surface area contributed by atoms with Gasteiger partial charge in [-0.1, -0.05) is 20.4 Å². The molecule has 0 radical (unpaired) electrons. The van der Waals surface area contributed by atoms with E-state index >= 15 is 0 Å². The highest BCUT2D eigenvalue weighted by Gasteiger charge is 2.18. The molecule has 15 heteroatoms. The van der Waals surface area contributed by atoms with Crippen LogP contribution >= 0.6 is 0 Å². The van der Waals surface area contributed by atoms with Crippen molar-refractivity contribution in [3.8, 4) is 67.8 Å².